The van der Waals surface area contributed by atoms with E-state index in [9.17, 15) is 4.79 Å². The van der Waals surface area contributed by atoms with Crippen LogP contribution in [0.25, 0.3) is 0 Å². The zero-order valence-electron chi connectivity index (χ0n) is 9.27. The van der Waals surface area contributed by atoms with Crippen LogP contribution in [-0.2, 0) is 0 Å². The molecule has 1 amide bonds. The molecule has 1 heterocycles. The van der Waals surface area contributed by atoms with Crippen LogP contribution < -0.4 is 5.32 Å². The monoisotopic (exact) mass is 249 g/mol. The Balaban J connectivity index is 2.04. The zero-order valence-corrected chi connectivity index (χ0v) is 10.0. The Labute approximate surface area is 104 Å². The number of amides is 1. The first-order valence-corrected chi connectivity index (χ1v) is 5.59. The van der Waals surface area contributed by atoms with E-state index in [1.54, 1.807) is 12.1 Å². The Morgan fingerprint density at radius 2 is 2.12 bits per heavy atom. The fourth-order valence-corrected chi connectivity index (χ4v) is 1.62. The number of H-pyrrole nitrogens is 1. The second-order valence-corrected chi connectivity index (χ2v) is 4.15. The molecule has 2 aromatic rings. The van der Waals surface area contributed by atoms with Crippen molar-refractivity contribution in [3.05, 3.63) is 53.1 Å². The van der Waals surface area contributed by atoms with Crippen LogP contribution >= 0.6 is 11.6 Å². The Morgan fingerprint density at radius 1 is 1.41 bits per heavy atom. The molecule has 1 atom stereocenters. The molecule has 2 N–H and O–H groups in total. The Bertz CT molecular complexity index is 493. The highest BCUT2D eigenvalue weighted by Gasteiger charge is 2.11. The summed E-state index contributed by atoms with van der Waals surface area (Å²) in [6.07, 6.45) is 2.96. The lowest BCUT2D eigenvalue weighted by Crippen LogP contribution is -2.26. The summed E-state index contributed by atoms with van der Waals surface area (Å²) in [5, 5.41) is 3.55. The molecule has 2 rings (SSSR count). The number of halogens is 1. The largest absolute Gasteiger partial charge is 0.344 e. The van der Waals surface area contributed by atoms with Crippen molar-refractivity contribution in [1.82, 2.24) is 15.3 Å². The summed E-state index contributed by atoms with van der Waals surface area (Å²) in [5.41, 5.74) is 1.45. The van der Waals surface area contributed by atoms with Crippen molar-refractivity contribution in [2.24, 2.45) is 0 Å². The number of carbonyl (C=O) groups is 1. The van der Waals surface area contributed by atoms with Crippen LogP contribution in [0.1, 0.15) is 29.0 Å². The summed E-state index contributed by atoms with van der Waals surface area (Å²) in [6, 6.07) is 7.30. The van der Waals surface area contributed by atoms with Crippen LogP contribution in [0.4, 0.5) is 0 Å². The van der Waals surface area contributed by atoms with Crippen LogP contribution in [0.5, 0.6) is 0 Å². The van der Waals surface area contributed by atoms with Crippen molar-refractivity contribution in [3.8, 4) is 0 Å². The maximum atomic E-state index is 11.7. The first-order chi connectivity index (χ1) is 8.16. The van der Waals surface area contributed by atoms with Gasteiger partial charge in [0.2, 0.25) is 0 Å². The van der Waals surface area contributed by atoms with Gasteiger partial charge in [-0.25, -0.2) is 4.98 Å². The molecule has 0 saturated carbocycles. The molecule has 0 aliphatic heterocycles. The van der Waals surface area contributed by atoms with Gasteiger partial charge in [-0.2, -0.15) is 0 Å². The minimum atomic E-state index is -0.176. The molecule has 0 unspecified atom stereocenters. The van der Waals surface area contributed by atoms with E-state index in [1.807, 2.05) is 19.1 Å². The number of hydrogen-bond donors (Lipinski definition) is 2. The highest BCUT2D eigenvalue weighted by Crippen LogP contribution is 2.16. The van der Waals surface area contributed by atoms with Crippen LogP contribution in [0, 0.1) is 0 Å². The van der Waals surface area contributed by atoms with Gasteiger partial charge in [0.25, 0.3) is 5.91 Å². The van der Waals surface area contributed by atoms with E-state index in [0.717, 1.165) is 5.56 Å². The quantitative estimate of drug-likeness (QED) is 0.878. The lowest BCUT2D eigenvalue weighted by Gasteiger charge is -2.13. The molecule has 1 aromatic carbocycles. The van der Waals surface area contributed by atoms with Gasteiger partial charge in [-0.1, -0.05) is 23.7 Å². The summed E-state index contributed by atoms with van der Waals surface area (Å²) in [4.78, 5) is 18.3. The van der Waals surface area contributed by atoms with Crippen molar-refractivity contribution in [3.63, 3.8) is 0 Å². The van der Waals surface area contributed by atoms with Gasteiger partial charge in [0.1, 0.15) is 5.69 Å². The maximum absolute atomic E-state index is 11.7. The third-order valence-electron chi connectivity index (χ3n) is 2.46. The SMILES string of the molecule is C[C@@H](NC(=O)c1cnc[nH]1)c1ccc(Cl)cc1. The molecular weight excluding hydrogens is 238 g/mol. The van der Waals surface area contributed by atoms with E-state index in [4.69, 9.17) is 11.6 Å². The third kappa shape index (κ3) is 2.85. The van der Waals surface area contributed by atoms with Gasteiger partial charge in [0, 0.05) is 5.02 Å². The predicted octanol–water partition coefficient (Wildman–Crippen LogP) is 2.55. The van der Waals surface area contributed by atoms with Gasteiger partial charge < -0.3 is 10.3 Å². The molecule has 1 aromatic heterocycles. The lowest BCUT2D eigenvalue weighted by atomic mass is 10.1. The number of hydrogen-bond acceptors (Lipinski definition) is 2. The van der Waals surface area contributed by atoms with Gasteiger partial charge in [-0.05, 0) is 24.6 Å². The Kier molecular flexibility index (Phi) is 3.44. The molecule has 0 aliphatic carbocycles. The zero-order chi connectivity index (χ0) is 12.3. The number of aromatic nitrogens is 2. The van der Waals surface area contributed by atoms with Crippen molar-refractivity contribution < 1.29 is 4.79 Å². The van der Waals surface area contributed by atoms with Crippen molar-refractivity contribution >= 4 is 17.5 Å². The molecule has 0 aliphatic rings. The third-order valence-corrected chi connectivity index (χ3v) is 2.71. The number of rotatable bonds is 3. The van der Waals surface area contributed by atoms with Gasteiger partial charge in [0.05, 0.1) is 18.6 Å². The number of imidazole rings is 1. The Morgan fingerprint density at radius 3 is 2.71 bits per heavy atom. The number of aromatic amines is 1. The maximum Gasteiger partial charge on any atom is 0.269 e. The molecule has 0 spiro atoms. The van der Waals surface area contributed by atoms with Crippen LogP contribution in [0.15, 0.2) is 36.8 Å². The average Bonchev–Trinajstić information content (AvgIpc) is 2.83. The van der Waals surface area contributed by atoms with E-state index >= 15 is 0 Å². The van der Waals surface area contributed by atoms with Gasteiger partial charge >= 0.3 is 0 Å². The van der Waals surface area contributed by atoms with Crippen LogP contribution in [0.2, 0.25) is 5.02 Å². The standard InChI is InChI=1S/C12H12ClN3O/c1-8(9-2-4-10(13)5-3-9)16-12(17)11-6-14-7-15-11/h2-8H,1H3,(H,14,15)(H,16,17)/t8-/m1/s1. The normalized spacial score (nSPS) is 12.1. The molecule has 0 radical (unpaired) electrons. The van der Waals surface area contributed by atoms with E-state index < -0.39 is 0 Å². The number of benzene rings is 1. The molecule has 0 saturated heterocycles. The fourth-order valence-electron chi connectivity index (χ4n) is 1.49. The summed E-state index contributed by atoms with van der Waals surface area (Å²) in [6.45, 7) is 1.91. The van der Waals surface area contributed by atoms with Gasteiger partial charge in [-0.3, -0.25) is 4.79 Å². The molecule has 5 heteroatoms. The Hall–Kier alpha value is -1.81. The molecule has 88 valence electrons. The van der Waals surface area contributed by atoms with Crippen LogP contribution in [0.3, 0.4) is 0 Å². The van der Waals surface area contributed by atoms with Crippen molar-refractivity contribution in [2.75, 3.05) is 0 Å². The number of nitrogens with one attached hydrogen (secondary N) is 2. The molecule has 17 heavy (non-hydrogen) atoms. The second kappa shape index (κ2) is 5.01. The fraction of sp³-hybridized carbons (Fsp3) is 0.167. The van der Waals surface area contributed by atoms with E-state index in [0.29, 0.717) is 10.7 Å². The lowest BCUT2D eigenvalue weighted by molar-refractivity contribution is 0.0935. The summed E-state index contributed by atoms with van der Waals surface area (Å²) in [7, 11) is 0. The van der Waals surface area contributed by atoms with Gasteiger partial charge in [0.15, 0.2) is 0 Å². The van der Waals surface area contributed by atoms with Gasteiger partial charge in [-0.15, -0.1) is 0 Å². The predicted molar refractivity (Wildman–Crippen MR) is 65.9 cm³/mol. The smallest absolute Gasteiger partial charge is 0.269 e. The van der Waals surface area contributed by atoms with E-state index in [-0.39, 0.29) is 11.9 Å². The first-order valence-electron chi connectivity index (χ1n) is 5.21. The van der Waals surface area contributed by atoms with Crippen molar-refractivity contribution in [2.45, 2.75) is 13.0 Å². The van der Waals surface area contributed by atoms with Crippen molar-refractivity contribution in [1.29, 1.82) is 0 Å². The van der Waals surface area contributed by atoms with Crippen LogP contribution in [-0.4, -0.2) is 15.9 Å². The summed E-state index contributed by atoms with van der Waals surface area (Å²) >= 11 is 5.80. The number of nitrogens with zero attached hydrogens (tertiary/aromatic N) is 1. The average molecular weight is 250 g/mol. The summed E-state index contributed by atoms with van der Waals surface area (Å²) < 4.78 is 0. The minimum Gasteiger partial charge on any atom is -0.344 e. The first kappa shape index (κ1) is 11.7. The van der Waals surface area contributed by atoms with E-state index in [2.05, 4.69) is 15.3 Å². The molecule has 0 bridgehead atoms. The number of carbonyl (C=O) groups excluding carboxylic acids is 1. The minimum absolute atomic E-state index is 0.0805. The highest BCUT2D eigenvalue weighted by atomic mass is 35.5. The summed E-state index contributed by atoms with van der Waals surface area (Å²) in [5.74, 6) is -0.176. The topological polar surface area (TPSA) is 57.8 Å². The molecular formula is C12H12ClN3O. The molecule has 0 fully saturated rings. The second-order valence-electron chi connectivity index (χ2n) is 3.71. The molecule has 4 nitrogen and oxygen atoms in total. The highest BCUT2D eigenvalue weighted by molar-refractivity contribution is 6.30. The van der Waals surface area contributed by atoms with E-state index in [1.165, 1.54) is 12.5 Å².